The maximum atomic E-state index is 12.2. The summed E-state index contributed by atoms with van der Waals surface area (Å²) < 4.78 is 26.9. The molecule has 2 aromatic heterocycles. The topological polar surface area (TPSA) is 62.3 Å². The Bertz CT molecular complexity index is 659. The van der Waals surface area contributed by atoms with Crippen LogP contribution in [0.3, 0.4) is 0 Å². The number of likely N-dealkylation sites (N-methyl/N-ethyl adjacent to an activating group) is 1. The second-order valence-corrected chi connectivity index (χ2v) is 8.21. The predicted molar refractivity (Wildman–Crippen MR) is 84.6 cm³/mol. The lowest BCUT2D eigenvalue weighted by Gasteiger charge is -2.16. The van der Waals surface area contributed by atoms with Crippen molar-refractivity contribution in [3.8, 4) is 0 Å². The summed E-state index contributed by atoms with van der Waals surface area (Å²) in [5, 5.41) is 4.89. The van der Waals surface area contributed by atoms with Crippen LogP contribution < -0.4 is 5.32 Å². The summed E-state index contributed by atoms with van der Waals surface area (Å²) in [6.07, 6.45) is 3.39. The number of thiophene rings is 1. The summed E-state index contributed by atoms with van der Waals surface area (Å²) in [7, 11) is -1.79. The lowest BCUT2D eigenvalue weighted by atomic mass is 10.4. The predicted octanol–water partition coefficient (Wildman–Crippen LogP) is 2.64. The molecule has 0 aromatic carbocycles. The number of anilines is 1. The van der Waals surface area contributed by atoms with Crippen molar-refractivity contribution >= 4 is 43.0 Å². The highest BCUT2D eigenvalue weighted by Gasteiger charge is 2.20. The van der Waals surface area contributed by atoms with Gasteiger partial charge >= 0.3 is 0 Å². The van der Waals surface area contributed by atoms with E-state index in [1.165, 1.54) is 15.6 Å². The summed E-state index contributed by atoms with van der Waals surface area (Å²) >= 11 is 4.56. The Morgan fingerprint density at radius 3 is 2.90 bits per heavy atom. The van der Waals surface area contributed by atoms with Crippen LogP contribution in [0.25, 0.3) is 0 Å². The van der Waals surface area contributed by atoms with Gasteiger partial charge in [0.2, 0.25) is 0 Å². The minimum Gasteiger partial charge on any atom is -0.382 e. The normalized spacial score (nSPS) is 11.8. The van der Waals surface area contributed by atoms with Gasteiger partial charge in [0.15, 0.2) is 0 Å². The zero-order chi connectivity index (χ0) is 14.6. The van der Waals surface area contributed by atoms with Crippen LogP contribution >= 0.6 is 27.3 Å². The maximum Gasteiger partial charge on any atom is 0.252 e. The van der Waals surface area contributed by atoms with Crippen LogP contribution in [0.4, 0.5) is 5.69 Å². The first-order valence-electron chi connectivity index (χ1n) is 5.84. The standard InChI is InChI=1S/C12H14BrN3O2S2/c1-16(20(17,18)12-3-2-6-19-12)5-4-15-11-7-10(13)8-14-9-11/h2-3,6-9,15H,4-5H2,1H3. The fraction of sp³-hybridized carbons (Fsp3) is 0.250. The number of pyridine rings is 1. The van der Waals surface area contributed by atoms with Gasteiger partial charge in [-0.1, -0.05) is 6.07 Å². The quantitative estimate of drug-likeness (QED) is 0.842. The number of nitrogens with one attached hydrogen (secondary N) is 1. The molecule has 0 radical (unpaired) electrons. The van der Waals surface area contributed by atoms with Crippen LogP contribution in [-0.4, -0.2) is 37.8 Å². The monoisotopic (exact) mass is 375 g/mol. The zero-order valence-corrected chi connectivity index (χ0v) is 14.0. The summed E-state index contributed by atoms with van der Waals surface area (Å²) in [5.41, 5.74) is 0.848. The smallest absolute Gasteiger partial charge is 0.252 e. The second-order valence-electron chi connectivity index (χ2n) is 4.08. The highest BCUT2D eigenvalue weighted by molar-refractivity contribution is 9.10. The summed E-state index contributed by atoms with van der Waals surface area (Å²) in [4.78, 5) is 4.03. The van der Waals surface area contributed by atoms with Gasteiger partial charge in [0.05, 0.1) is 11.9 Å². The van der Waals surface area contributed by atoms with Gasteiger partial charge in [-0.3, -0.25) is 4.98 Å². The fourth-order valence-corrected chi connectivity index (χ4v) is 4.29. The van der Waals surface area contributed by atoms with E-state index < -0.39 is 10.0 Å². The first-order valence-corrected chi connectivity index (χ1v) is 8.95. The molecule has 108 valence electrons. The van der Waals surface area contributed by atoms with E-state index in [0.717, 1.165) is 10.2 Å². The number of aromatic nitrogens is 1. The minimum atomic E-state index is -3.37. The maximum absolute atomic E-state index is 12.2. The van der Waals surface area contributed by atoms with Crippen LogP contribution in [0, 0.1) is 0 Å². The molecule has 0 aliphatic heterocycles. The molecule has 0 spiro atoms. The van der Waals surface area contributed by atoms with Crippen molar-refractivity contribution in [1.29, 1.82) is 0 Å². The molecule has 2 rings (SSSR count). The van der Waals surface area contributed by atoms with Crippen LogP contribution in [0.15, 0.2) is 44.7 Å². The van der Waals surface area contributed by atoms with Gasteiger partial charge < -0.3 is 5.32 Å². The van der Waals surface area contributed by atoms with Crippen LogP contribution in [0.2, 0.25) is 0 Å². The summed E-state index contributed by atoms with van der Waals surface area (Å²) in [6.45, 7) is 0.895. The molecular weight excluding hydrogens is 362 g/mol. The largest absolute Gasteiger partial charge is 0.382 e. The van der Waals surface area contributed by atoms with Gasteiger partial charge in [-0.05, 0) is 33.4 Å². The van der Waals surface area contributed by atoms with E-state index in [9.17, 15) is 8.42 Å². The Kier molecular flexibility index (Phi) is 5.14. The third-order valence-corrected chi connectivity index (χ3v) is 6.28. The van der Waals surface area contributed by atoms with Gasteiger partial charge in [0.25, 0.3) is 10.0 Å². The van der Waals surface area contributed by atoms with Crippen molar-refractivity contribution in [2.24, 2.45) is 0 Å². The molecule has 0 bridgehead atoms. The highest BCUT2D eigenvalue weighted by atomic mass is 79.9. The van der Waals surface area contributed by atoms with Gasteiger partial charge in [-0.2, -0.15) is 4.31 Å². The van der Waals surface area contributed by atoms with E-state index in [-0.39, 0.29) is 0 Å². The van der Waals surface area contributed by atoms with Gasteiger partial charge in [0, 0.05) is 30.8 Å². The van der Waals surface area contributed by atoms with E-state index in [1.807, 2.05) is 6.07 Å². The molecule has 0 aliphatic rings. The molecule has 2 heterocycles. The van der Waals surface area contributed by atoms with E-state index in [0.29, 0.717) is 17.3 Å². The number of rotatable bonds is 6. The third kappa shape index (κ3) is 3.78. The lowest BCUT2D eigenvalue weighted by molar-refractivity contribution is 0.482. The Labute approximate surface area is 130 Å². The average molecular weight is 376 g/mol. The first-order chi connectivity index (χ1) is 9.50. The average Bonchev–Trinajstić information content (AvgIpc) is 2.93. The number of nitrogens with zero attached hydrogens (tertiary/aromatic N) is 2. The second kappa shape index (κ2) is 6.66. The number of hydrogen-bond donors (Lipinski definition) is 1. The van der Waals surface area contributed by atoms with Crippen molar-refractivity contribution in [3.05, 3.63) is 40.4 Å². The molecule has 0 saturated carbocycles. The van der Waals surface area contributed by atoms with Crippen LogP contribution in [0.5, 0.6) is 0 Å². The minimum absolute atomic E-state index is 0.365. The molecule has 0 amide bonds. The van der Waals surface area contributed by atoms with Crippen molar-refractivity contribution in [2.45, 2.75) is 4.21 Å². The zero-order valence-electron chi connectivity index (χ0n) is 10.8. The Balaban J connectivity index is 1.91. The molecule has 0 aliphatic carbocycles. The number of halogens is 1. The Morgan fingerprint density at radius 2 is 2.25 bits per heavy atom. The van der Waals surface area contributed by atoms with E-state index in [4.69, 9.17) is 0 Å². The van der Waals surface area contributed by atoms with Crippen molar-refractivity contribution in [3.63, 3.8) is 0 Å². The van der Waals surface area contributed by atoms with Gasteiger partial charge in [0.1, 0.15) is 4.21 Å². The fourth-order valence-electron chi connectivity index (χ4n) is 1.55. The number of sulfonamides is 1. The highest BCUT2D eigenvalue weighted by Crippen LogP contribution is 2.19. The molecule has 5 nitrogen and oxygen atoms in total. The summed E-state index contributed by atoms with van der Waals surface area (Å²) in [5.74, 6) is 0. The van der Waals surface area contributed by atoms with Crippen molar-refractivity contribution in [1.82, 2.24) is 9.29 Å². The first kappa shape index (κ1) is 15.4. The van der Waals surface area contributed by atoms with E-state index in [2.05, 4.69) is 26.2 Å². The third-order valence-electron chi connectivity index (χ3n) is 2.62. The molecule has 2 aromatic rings. The molecule has 0 atom stereocenters. The molecule has 20 heavy (non-hydrogen) atoms. The summed E-state index contributed by atoms with van der Waals surface area (Å²) in [6, 6.07) is 5.24. The van der Waals surface area contributed by atoms with E-state index in [1.54, 1.807) is 37.0 Å². The molecular formula is C12H14BrN3O2S2. The molecule has 0 saturated heterocycles. The molecule has 1 N–H and O–H groups in total. The Hall–Kier alpha value is -0.960. The Morgan fingerprint density at radius 1 is 1.45 bits per heavy atom. The van der Waals surface area contributed by atoms with Crippen molar-refractivity contribution in [2.75, 3.05) is 25.5 Å². The van der Waals surface area contributed by atoms with Gasteiger partial charge in [-0.25, -0.2) is 8.42 Å². The van der Waals surface area contributed by atoms with Crippen LogP contribution in [0.1, 0.15) is 0 Å². The molecule has 0 unspecified atom stereocenters. The van der Waals surface area contributed by atoms with Crippen LogP contribution in [-0.2, 0) is 10.0 Å². The van der Waals surface area contributed by atoms with Crippen molar-refractivity contribution < 1.29 is 8.42 Å². The van der Waals surface area contributed by atoms with Gasteiger partial charge in [-0.15, -0.1) is 11.3 Å². The van der Waals surface area contributed by atoms with E-state index >= 15 is 0 Å². The molecule has 8 heteroatoms. The lowest BCUT2D eigenvalue weighted by Crippen LogP contribution is -2.31. The molecule has 0 fully saturated rings. The SMILES string of the molecule is CN(CCNc1cncc(Br)c1)S(=O)(=O)c1cccs1. The number of hydrogen-bond acceptors (Lipinski definition) is 5.